The number of phenols is 1. The molecule has 0 saturated heterocycles. The first kappa shape index (κ1) is 27.6. The number of nitrogens with two attached hydrogens (primary N) is 1. The average Bonchev–Trinajstić information content (AvgIpc) is 3.64. The lowest BCUT2D eigenvalue weighted by Crippen LogP contribution is -2.32. The van der Waals surface area contributed by atoms with Crippen LogP contribution in [-0.2, 0) is 12.7 Å². The fourth-order valence-corrected chi connectivity index (χ4v) is 4.78. The van der Waals surface area contributed by atoms with E-state index in [0.717, 1.165) is 24.1 Å². The number of aromatic hydroxyl groups is 1. The smallest absolute Gasteiger partial charge is 0.435 e. The second-order valence-electron chi connectivity index (χ2n) is 10.1. The Bertz CT molecular complexity index is 1460. The standard InChI is InChI=1S/C29H29F4N5O2/c30-22-11-10-19(27(35-16-17-8-9-17)21-6-1-2-7-25(21)39)13-23(22)36-28(40)24-14-26(29(31,32)33)37-38(24)20-5-3-4-18(12-20)15-34/h1-7,11-14,17,19,27,35,39H,8-10,15-16,34H2,(H,36,40). The van der Waals surface area contributed by atoms with Gasteiger partial charge >= 0.3 is 6.18 Å². The lowest BCUT2D eigenvalue weighted by atomic mass is 9.86. The summed E-state index contributed by atoms with van der Waals surface area (Å²) in [6.45, 7) is 0.860. The van der Waals surface area contributed by atoms with E-state index >= 15 is 0 Å². The zero-order valence-electron chi connectivity index (χ0n) is 21.5. The Morgan fingerprint density at radius 3 is 2.62 bits per heavy atom. The molecule has 7 nitrogen and oxygen atoms in total. The molecule has 1 aromatic heterocycles. The molecule has 2 aliphatic rings. The van der Waals surface area contributed by atoms with Gasteiger partial charge in [0.1, 0.15) is 17.3 Å². The molecule has 210 valence electrons. The van der Waals surface area contributed by atoms with E-state index < -0.39 is 29.3 Å². The normalized spacial score (nSPS) is 18.2. The van der Waals surface area contributed by atoms with Gasteiger partial charge in [-0.15, -0.1) is 0 Å². The predicted octanol–water partition coefficient (Wildman–Crippen LogP) is 5.28. The first-order valence-electron chi connectivity index (χ1n) is 13.0. The van der Waals surface area contributed by atoms with Gasteiger partial charge in [-0.05, 0) is 61.6 Å². The molecule has 2 atom stereocenters. The number of hydrogen-bond donors (Lipinski definition) is 4. The van der Waals surface area contributed by atoms with E-state index in [-0.39, 0.29) is 35.6 Å². The van der Waals surface area contributed by atoms with Gasteiger partial charge in [-0.1, -0.05) is 36.4 Å². The summed E-state index contributed by atoms with van der Waals surface area (Å²) in [4.78, 5) is 13.3. The molecule has 40 heavy (non-hydrogen) atoms. The number of aromatic nitrogens is 2. The molecule has 2 aliphatic carbocycles. The van der Waals surface area contributed by atoms with Crippen LogP contribution in [0.5, 0.6) is 5.75 Å². The highest BCUT2D eigenvalue weighted by Gasteiger charge is 2.37. The highest BCUT2D eigenvalue weighted by atomic mass is 19.4. The third kappa shape index (κ3) is 6.10. The molecule has 2 aromatic carbocycles. The van der Waals surface area contributed by atoms with E-state index in [4.69, 9.17) is 5.73 Å². The number of rotatable bonds is 9. The zero-order valence-corrected chi connectivity index (χ0v) is 21.5. The topological polar surface area (TPSA) is 105 Å². The van der Waals surface area contributed by atoms with Crippen molar-refractivity contribution in [3.05, 3.63) is 101 Å². The first-order valence-corrected chi connectivity index (χ1v) is 13.0. The van der Waals surface area contributed by atoms with Crippen molar-refractivity contribution in [2.45, 2.75) is 38.0 Å². The lowest BCUT2D eigenvalue weighted by Gasteiger charge is -2.29. The van der Waals surface area contributed by atoms with Crippen LogP contribution in [0, 0.1) is 11.8 Å². The Hall–Kier alpha value is -3.96. The highest BCUT2D eigenvalue weighted by Crippen LogP contribution is 2.37. The molecule has 11 heteroatoms. The Labute approximate surface area is 228 Å². The van der Waals surface area contributed by atoms with E-state index in [9.17, 15) is 27.5 Å². The third-order valence-electron chi connectivity index (χ3n) is 7.10. The summed E-state index contributed by atoms with van der Waals surface area (Å²) in [5.74, 6) is -1.38. The Morgan fingerprint density at radius 1 is 1.15 bits per heavy atom. The van der Waals surface area contributed by atoms with Crippen molar-refractivity contribution < 1.29 is 27.5 Å². The maximum atomic E-state index is 15.0. The summed E-state index contributed by atoms with van der Waals surface area (Å²) in [6.07, 6.45) is 0.589. The molecular weight excluding hydrogens is 526 g/mol. The van der Waals surface area contributed by atoms with Crippen LogP contribution < -0.4 is 16.4 Å². The van der Waals surface area contributed by atoms with Crippen LogP contribution in [0.25, 0.3) is 5.69 Å². The minimum atomic E-state index is -4.80. The van der Waals surface area contributed by atoms with Gasteiger partial charge in [-0.25, -0.2) is 9.07 Å². The van der Waals surface area contributed by atoms with Crippen molar-refractivity contribution in [3.8, 4) is 11.4 Å². The number of nitrogens with one attached hydrogen (secondary N) is 2. The van der Waals surface area contributed by atoms with E-state index in [1.807, 2.05) is 0 Å². The van der Waals surface area contributed by atoms with E-state index in [1.165, 1.54) is 18.2 Å². The number of carbonyl (C=O) groups is 1. The van der Waals surface area contributed by atoms with Crippen LogP contribution in [0.15, 0.2) is 78.3 Å². The quantitative estimate of drug-likeness (QED) is 0.269. The number of alkyl halides is 3. The summed E-state index contributed by atoms with van der Waals surface area (Å²) in [5.41, 5.74) is 5.32. The minimum absolute atomic E-state index is 0.0908. The molecule has 0 radical (unpaired) electrons. The van der Waals surface area contributed by atoms with Gasteiger partial charge in [-0.3, -0.25) is 4.79 Å². The molecule has 3 aromatic rings. The molecule has 0 aliphatic heterocycles. The molecule has 2 unspecified atom stereocenters. The van der Waals surface area contributed by atoms with Crippen molar-refractivity contribution in [1.82, 2.24) is 20.4 Å². The van der Waals surface area contributed by atoms with Crippen molar-refractivity contribution >= 4 is 5.91 Å². The van der Waals surface area contributed by atoms with Gasteiger partial charge in [-0.2, -0.15) is 18.3 Å². The van der Waals surface area contributed by atoms with E-state index in [0.29, 0.717) is 29.5 Å². The van der Waals surface area contributed by atoms with Gasteiger partial charge in [0.2, 0.25) is 0 Å². The zero-order chi connectivity index (χ0) is 28.4. The van der Waals surface area contributed by atoms with Crippen LogP contribution >= 0.6 is 0 Å². The molecule has 5 N–H and O–H groups in total. The van der Waals surface area contributed by atoms with Crippen LogP contribution in [-0.4, -0.2) is 27.3 Å². The number of carbonyl (C=O) groups excluding carboxylic acids is 1. The molecule has 1 fully saturated rings. The first-order chi connectivity index (χ1) is 19.1. The number of allylic oxidation sites excluding steroid dienone is 2. The third-order valence-corrected chi connectivity index (χ3v) is 7.10. The lowest BCUT2D eigenvalue weighted by molar-refractivity contribution is -0.141. The maximum absolute atomic E-state index is 15.0. The summed E-state index contributed by atoms with van der Waals surface area (Å²) in [5, 5.41) is 20.1. The van der Waals surface area contributed by atoms with Crippen molar-refractivity contribution in [2.24, 2.45) is 17.6 Å². The molecule has 5 rings (SSSR count). The van der Waals surface area contributed by atoms with Gasteiger partial charge in [0.25, 0.3) is 5.91 Å². The van der Waals surface area contributed by atoms with Gasteiger partial charge < -0.3 is 21.5 Å². The van der Waals surface area contributed by atoms with Crippen molar-refractivity contribution in [1.29, 1.82) is 0 Å². The summed E-state index contributed by atoms with van der Waals surface area (Å²) in [7, 11) is 0. The van der Waals surface area contributed by atoms with Crippen LogP contribution in [0.2, 0.25) is 0 Å². The number of hydrogen-bond acceptors (Lipinski definition) is 5. The fraction of sp³-hybridized carbons (Fsp3) is 0.310. The largest absolute Gasteiger partial charge is 0.508 e. The Balaban J connectivity index is 1.46. The number of phenolic OH excluding ortho intramolecular Hbond substituents is 1. The van der Waals surface area contributed by atoms with Crippen LogP contribution in [0.1, 0.15) is 52.6 Å². The number of halogens is 4. The monoisotopic (exact) mass is 555 g/mol. The number of para-hydroxylation sites is 1. The number of amides is 1. The number of benzene rings is 2. The second kappa shape index (κ2) is 11.3. The summed E-state index contributed by atoms with van der Waals surface area (Å²) in [6, 6.07) is 13.4. The maximum Gasteiger partial charge on any atom is 0.435 e. The van der Waals surface area contributed by atoms with Gasteiger partial charge in [0.15, 0.2) is 5.69 Å². The van der Waals surface area contributed by atoms with E-state index in [1.54, 1.807) is 42.5 Å². The molecule has 1 heterocycles. The molecule has 0 bridgehead atoms. The SMILES string of the molecule is NCc1cccc(-n2nc(C(F)(F)F)cc2C(=O)NC2=CC(C(NCC3CC3)c3ccccc3O)CC=C2F)c1. The van der Waals surface area contributed by atoms with E-state index in [2.05, 4.69) is 15.7 Å². The molecule has 0 spiro atoms. The average molecular weight is 556 g/mol. The van der Waals surface area contributed by atoms with Crippen molar-refractivity contribution in [2.75, 3.05) is 6.54 Å². The summed E-state index contributed by atoms with van der Waals surface area (Å²) >= 11 is 0. The molecule has 1 amide bonds. The van der Waals surface area contributed by atoms with Crippen molar-refractivity contribution in [3.63, 3.8) is 0 Å². The Kier molecular flexibility index (Phi) is 7.77. The Morgan fingerprint density at radius 2 is 1.93 bits per heavy atom. The fourth-order valence-electron chi connectivity index (χ4n) is 4.78. The second-order valence-corrected chi connectivity index (χ2v) is 10.1. The molecular formula is C29H29F4N5O2. The minimum Gasteiger partial charge on any atom is -0.508 e. The highest BCUT2D eigenvalue weighted by molar-refractivity contribution is 5.95. The van der Waals surface area contributed by atoms with Crippen LogP contribution in [0.4, 0.5) is 17.6 Å². The van der Waals surface area contributed by atoms with Gasteiger partial charge in [0, 0.05) is 30.1 Å². The molecule has 1 saturated carbocycles. The van der Waals surface area contributed by atoms with Crippen LogP contribution in [0.3, 0.4) is 0 Å². The predicted molar refractivity (Wildman–Crippen MR) is 141 cm³/mol. The number of nitrogens with zero attached hydrogens (tertiary/aromatic N) is 2. The van der Waals surface area contributed by atoms with Gasteiger partial charge in [0.05, 0.1) is 11.4 Å². The summed E-state index contributed by atoms with van der Waals surface area (Å²) < 4.78 is 56.5.